The Kier molecular flexibility index (Phi) is 9.28. The molecule has 0 spiro atoms. The molecule has 1 aromatic heterocycles. The van der Waals surface area contributed by atoms with E-state index in [0.29, 0.717) is 52.2 Å². The molecule has 5 rings (SSSR count). The Morgan fingerprint density at radius 2 is 1.88 bits per heavy atom. The summed E-state index contributed by atoms with van der Waals surface area (Å²) in [5.74, 6) is 5.25. The molecule has 228 valence electrons. The number of hydrogen-bond donors (Lipinski definition) is 0. The van der Waals surface area contributed by atoms with Crippen LogP contribution in [0.1, 0.15) is 109 Å². The normalized spacial score (nSPS) is 38.6. The number of fused-ring (bicyclic) bond motifs is 5. The van der Waals surface area contributed by atoms with Gasteiger partial charge in [-0.25, -0.2) is 9.78 Å². The highest BCUT2D eigenvalue weighted by Gasteiger charge is 2.62. The van der Waals surface area contributed by atoms with Crippen LogP contribution in [0.25, 0.3) is 0 Å². The summed E-state index contributed by atoms with van der Waals surface area (Å²) in [6, 6.07) is 1.55. The van der Waals surface area contributed by atoms with Crippen LogP contribution in [-0.2, 0) is 14.3 Å². The number of carbonyl (C=O) groups excluding carboxylic acids is 2. The lowest BCUT2D eigenvalue weighted by atomic mass is 9.42. The van der Waals surface area contributed by atoms with Crippen LogP contribution in [0.5, 0.6) is 5.88 Å². The molecule has 1 aromatic rings. The van der Waals surface area contributed by atoms with E-state index in [0.717, 1.165) is 55.3 Å². The quantitative estimate of drug-likeness (QED) is 0.156. The number of esters is 1. The lowest BCUT2D eigenvalue weighted by Crippen LogP contribution is -2.57. The van der Waals surface area contributed by atoms with Gasteiger partial charge in [0, 0.05) is 6.20 Å². The van der Waals surface area contributed by atoms with Gasteiger partial charge in [0.15, 0.2) is 0 Å². The Balaban J connectivity index is 1.19. The average molecular weight is 588 g/mol. The van der Waals surface area contributed by atoms with E-state index in [9.17, 15) is 9.59 Å². The van der Waals surface area contributed by atoms with Crippen LogP contribution in [0, 0.1) is 52.3 Å². The Bertz CT molecular complexity index is 1100. The zero-order chi connectivity index (χ0) is 29.4. The SMILES string of the molecule is CC[C@H]1C[C@H]2C3CC[C@H]([C@H](C)CCCOc4ncc(C(=O)OC)cc4Cl)[C@@]3(C)CC[C@@H]2[C@@]2(C)CC[C@@H](OC=O)C[C@@H]12. The lowest BCUT2D eigenvalue weighted by molar-refractivity contribution is -0.163. The smallest absolute Gasteiger partial charge is 0.339 e. The van der Waals surface area contributed by atoms with Crippen molar-refractivity contribution in [3.8, 4) is 5.88 Å². The molecule has 4 fully saturated rings. The molecule has 0 aliphatic heterocycles. The number of hydrogen-bond acceptors (Lipinski definition) is 6. The third-order valence-electron chi connectivity index (χ3n) is 12.6. The van der Waals surface area contributed by atoms with Gasteiger partial charge in [0.1, 0.15) is 11.1 Å². The molecular weight excluding hydrogens is 538 g/mol. The standard InChI is InChI=1S/C34H50ClNO5/c1-6-22-16-25-27-10-9-26(21(2)8-7-15-40-31-30(35)17-23(19-36-31)32(38)39-5)33(27,3)14-12-28(25)34(4)13-11-24(41-20-37)18-29(22)34/h17,19-22,24-29H,6-16,18H2,1-5H3/t21-,22+,24-,25+,26-,27?,28+,29+,33-,34-/m1/s1. The van der Waals surface area contributed by atoms with Gasteiger partial charge in [-0.2, -0.15) is 0 Å². The van der Waals surface area contributed by atoms with Crippen LogP contribution in [0.2, 0.25) is 5.02 Å². The number of methoxy groups -OCH3 is 1. The summed E-state index contributed by atoms with van der Waals surface area (Å²) in [7, 11) is 1.34. The number of aromatic nitrogens is 1. The fourth-order valence-electron chi connectivity index (χ4n) is 10.6. The fraction of sp³-hybridized carbons (Fsp3) is 0.794. The summed E-state index contributed by atoms with van der Waals surface area (Å²) in [5.41, 5.74) is 1.14. The summed E-state index contributed by atoms with van der Waals surface area (Å²) < 4.78 is 16.1. The van der Waals surface area contributed by atoms with Crippen LogP contribution in [-0.4, -0.2) is 37.2 Å². The van der Waals surface area contributed by atoms with Crippen LogP contribution in [0.3, 0.4) is 0 Å². The first-order valence-electron chi connectivity index (χ1n) is 16.1. The number of nitrogens with zero attached hydrogens (tertiary/aromatic N) is 1. The summed E-state index contributed by atoms with van der Waals surface area (Å²) >= 11 is 6.30. The van der Waals surface area contributed by atoms with Crippen molar-refractivity contribution in [3.63, 3.8) is 0 Å². The molecule has 41 heavy (non-hydrogen) atoms. The lowest BCUT2D eigenvalue weighted by Gasteiger charge is -2.63. The maximum Gasteiger partial charge on any atom is 0.339 e. The zero-order valence-corrected chi connectivity index (χ0v) is 26.5. The van der Waals surface area contributed by atoms with E-state index in [-0.39, 0.29) is 6.10 Å². The first-order valence-corrected chi connectivity index (χ1v) is 16.5. The number of ether oxygens (including phenoxy) is 3. The van der Waals surface area contributed by atoms with E-state index in [1.54, 1.807) is 6.07 Å². The number of halogens is 1. The van der Waals surface area contributed by atoms with Gasteiger partial charge in [-0.05, 0) is 123 Å². The second-order valence-corrected chi connectivity index (χ2v) is 14.6. The maximum absolute atomic E-state index is 11.7. The summed E-state index contributed by atoms with van der Waals surface area (Å²) in [6.45, 7) is 11.3. The Hall–Kier alpha value is -1.82. The van der Waals surface area contributed by atoms with Crippen molar-refractivity contribution < 1.29 is 23.8 Å². The molecule has 1 heterocycles. The first kappa shape index (κ1) is 30.6. The topological polar surface area (TPSA) is 74.7 Å². The van der Waals surface area contributed by atoms with Gasteiger partial charge in [0.05, 0.1) is 19.3 Å². The highest BCUT2D eigenvalue weighted by Crippen LogP contribution is 2.69. The maximum atomic E-state index is 11.7. The third kappa shape index (κ3) is 5.63. The first-order chi connectivity index (χ1) is 19.7. The van der Waals surface area contributed by atoms with E-state index in [2.05, 4.69) is 32.7 Å². The minimum absolute atomic E-state index is 0.122. The Morgan fingerprint density at radius 3 is 2.59 bits per heavy atom. The van der Waals surface area contributed by atoms with Gasteiger partial charge in [-0.15, -0.1) is 0 Å². The van der Waals surface area contributed by atoms with Crippen LogP contribution >= 0.6 is 11.6 Å². The predicted octanol–water partition coefficient (Wildman–Crippen LogP) is 8.15. The van der Waals surface area contributed by atoms with E-state index in [1.807, 2.05) is 0 Å². The third-order valence-corrected chi connectivity index (χ3v) is 12.9. The number of rotatable bonds is 10. The average Bonchev–Trinajstić information content (AvgIpc) is 3.32. The Labute approximate surface area is 251 Å². The van der Waals surface area contributed by atoms with Crippen LogP contribution < -0.4 is 4.74 Å². The molecule has 1 unspecified atom stereocenters. The summed E-state index contributed by atoms with van der Waals surface area (Å²) in [5, 5.41) is 0.336. The van der Waals surface area contributed by atoms with Gasteiger partial charge in [0.25, 0.3) is 6.47 Å². The van der Waals surface area contributed by atoms with Crippen molar-refractivity contribution in [2.75, 3.05) is 13.7 Å². The van der Waals surface area contributed by atoms with E-state index >= 15 is 0 Å². The molecule has 6 nitrogen and oxygen atoms in total. The van der Waals surface area contributed by atoms with Crippen molar-refractivity contribution in [3.05, 3.63) is 22.8 Å². The van der Waals surface area contributed by atoms with Crippen molar-refractivity contribution in [2.24, 2.45) is 52.3 Å². The van der Waals surface area contributed by atoms with E-state index in [1.165, 1.54) is 58.3 Å². The van der Waals surface area contributed by atoms with Crippen molar-refractivity contribution in [1.29, 1.82) is 0 Å². The largest absolute Gasteiger partial charge is 0.477 e. The van der Waals surface area contributed by atoms with Gasteiger partial charge < -0.3 is 14.2 Å². The van der Waals surface area contributed by atoms with Gasteiger partial charge in [0.2, 0.25) is 5.88 Å². The van der Waals surface area contributed by atoms with Crippen molar-refractivity contribution in [1.82, 2.24) is 4.98 Å². The highest BCUT2D eigenvalue weighted by molar-refractivity contribution is 6.32. The van der Waals surface area contributed by atoms with Crippen LogP contribution in [0.4, 0.5) is 0 Å². The molecule has 4 aliphatic carbocycles. The van der Waals surface area contributed by atoms with E-state index in [4.69, 9.17) is 25.8 Å². The molecule has 0 radical (unpaired) electrons. The zero-order valence-electron chi connectivity index (χ0n) is 25.7. The molecular formula is C34H50ClNO5. The predicted molar refractivity (Wildman–Crippen MR) is 160 cm³/mol. The minimum atomic E-state index is -0.457. The molecule has 4 aliphatic rings. The monoisotopic (exact) mass is 587 g/mol. The van der Waals surface area contributed by atoms with Gasteiger partial charge in [-0.3, -0.25) is 4.79 Å². The fourth-order valence-corrected chi connectivity index (χ4v) is 10.9. The molecule has 0 saturated heterocycles. The Morgan fingerprint density at radius 1 is 1.12 bits per heavy atom. The number of pyridine rings is 1. The molecule has 0 amide bonds. The van der Waals surface area contributed by atoms with Gasteiger partial charge in [-0.1, -0.05) is 45.7 Å². The number of carbonyl (C=O) groups is 2. The molecule has 10 atom stereocenters. The van der Waals surface area contributed by atoms with E-state index < -0.39 is 5.97 Å². The van der Waals surface area contributed by atoms with Crippen molar-refractivity contribution in [2.45, 2.75) is 104 Å². The molecule has 7 heteroatoms. The second-order valence-electron chi connectivity index (χ2n) is 14.2. The molecule has 4 saturated carbocycles. The van der Waals surface area contributed by atoms with Crippen molar-refractivity contribution >= 4 is 24.0 Å². The highest BCUT2D eigenvalue weighted by atomic mass is 35.5. The van der Waals surface area contributed by atoms with Crippen LogP contribution in [0.15, 0.2) is 12.3 Å². The molecule has 0 N–H and O–H groups in total. The summed E-state index contributed by atoms with van der Waals surface area (Å²) in [4.78, 5) is 27.0. The van der Waals surface area contributed by atoms with Gasteiger partial charge >= 0.3 is 5.97 Å². The minimum Gasteiger partial charge on any atom is -0.477 e. The molecule has 0 bridgehead atoms. The second kappa shape index (κ2) is 12.4. The molecule has 0 aromatic carbocycles. The summed E-state index contributed by atoms with van der Waals surface area (Å²) in [6.07, 6.45) is 15.0.